The molecule has 2 unspecified atom stereocenters. The lowest BCUT2D eigenvalue weighted by Crippen LogP contribution is -2.61. The number of carbonyl (C=O) groups excluding carboxylic acids is 1. The van der Waals surface area contributed by atoms with E-state index >= 15 is 0 Å². The van der Waals surface area contributed by atoms with Gasteiger partial charge < -0.3 is 0 Å². The summed E-state index contributed by atoms with van der Waals surface area (Å²) in [6, 6.07) is 8.73. The number of hydrogen-bond acceptors (Lipinski definition) is 2. The van der Waals surface area contributed by atoms with Crippen molar-refractivity contribution < 1.29 is 4.79 Å². The zero-order chi connectivity index (χ0) is 16.4. The predicted molar refractivity (Wildman–Crippen MR) is 92.0 cm³/mol. The van der Waals surface area contributed by atoms with Gasteiger partial charge >= 0.3 is 6.03 Å². The number of likely N-dealkylation sites (tertiary alicyclic amines) is 1. The molecule has 4 heteroatoms. The molecule has 1 aliphatic carbocycles. The Labute approximate surface area is 138 Å². The zero-order valence-electron chi connectivity index (χ0n) is 14.1. The van der Waals surface area contributed by atoms with E-state index in [4.69, 9.17) is 5.26 Å². The molecule has 1 N–H and O–H groups in total. The van der Waals surface area contributed by atoms with Crippen LogP contribution >= 0.6 is 0 Å². The minimum Gasteiger partial charge on any atom is -0.292 e. The van der Waals surface area contributed by atoms with Crippen LogP contribution in [0.2, 0.25) is 0 Å². The van der Waals surface area contributed by atoms with Crippen LogP contribution in [0.4, 0.5) is 10.5 Å². The van der Waals surface area contributed by atoms with Gasteiger partial charge in [0, 0.05) is 24.0 Å². The molecule has 1 aliphatic heterocycles. The minimum atomic E-state index is -0.0117. The molecule has 2 amide bonds. The van der Waals surface area contributed by atoms with Gasteiger partial charge in [-0.25, -0.2) is 9.28 Å². The number of nitrogens with one attached hydrogen (secondary N) is 1. The topological polar surface area (TPSA) is 52.9 Å². The molecule has 1 heterocycles. The molecule has 4 nitrogen and oxygen atoms in total. The van der Waals surface area contributed by atoms with Crippen molar-refractivity contribution in [2.75, 3.05) is 13.1 Å². The van der Waals surface area contributed by atoms with Gasteiger partial charge in [0.25, 0.3) is 0 Å². The molecule has 0 aromatic heterocycles. The smallest absolute Gasteiger partial charge is 0.292 e. The van der Waals surface area contributed by atoms with Crippen LogP contribution in [0.5, 0.6) is 0 Å². The normalized spacial score (nSPS) is 29.6. The Balaban J connectivity index is 2.10. The van der Waals surface area contributed by atoms with E-state index < -0.39 is 0 Å². The van der Waals surface area contributed by atoms with E-state index in [0.29, 0.717) is 10.4 Å². The first-order chi connectivity index (χ1) is 11.1. The average Bonchev–Trinajstić information content (AvgIpc) is 2.87. The van der Waals surface area contributed by atoms with Gasteiger partial charge in [0.15, 0.2) is 0 Å². The van der Waals surface area contributed by atoms with Crippen molar-refractivity contribution in [3.63, 3.8) is 0 Å². The number of hydrogen-bond donors (Lipinski definition) is 1. The van der Waals surface area contributed by atoms with E-state index in [9.17, 15) is 4.79 Å². The van der Waals surface area contributed by atoms with Gasteiger partial charge in [-0.3, -0.25) is 5.32 Å². The number of rotatable bonds is 2. The Morgan fingerprint density at radius 1 is 1.35 bits per heavy atom. The highest BCUT2D eigenvalue weighted by molar-refractivity contribution is 5.89. The summed E-state index contributed by atoms with van der Waals surface area (Å²) in [6.07, 6.45) is 5.67. The van der Waals surface area contributed by atoms with Gasteiger partial charge in [0.2, 0.25) is 0 Å². The number of aryl methyl sites for hydroxylation is 1. The molecule has 3 atom stereocenters. The number of fused-ring (bicyclic) bond motifs is 1. The Morgan fingerprint density at radius 2 is 2.13 bits per heavy atom. The zero-order valence-corrected chi connectivity index (χ0v) is 14.1. The molecule has 23 heavy (non-hydrogen) atoms. The van der Waals surface area contributed by atoms with Gasteiger partial charge in [0.1, 0.15) is 12.2 Å². The molecule has 1 aromatic rings. The lowest BCUT2D eigenvalue weighted by Gasteiger charge is -2.37. The second-order valence-corrected chi connectivity index (χ2v) is 7.18. The Hall–Kier alpha value is -1.86. The Bertz CT molecular complexity index is 649. The number of nitrogens with zero attached hydrogens (tertiary/aromatic N) is 2. The molecule has 122 valence electrons. The summed E-state index contributed by atoms with van der Waals surface area (Å²) in [5.74, 6) is 0.511. The third-order valence-electron chi connectivity index (χ3n) is 5.58. The quantitative estimate of drug-likeness (QED) is 0.671. The molecule has 3 rings (SSSR count). The molecular weight excluding hydrogens is 286 g/mol. The largest absolute Gasteiger partial charge is 0.422 e. The monoisotopic (exact) mass is 312 g/mol. The van der Waals surface area contributed by atoms with Crippen LogP contribution in [0.25, 0.3) is 0 Å². The van der Waals surface area contributed by atoms with E-state index in [2.05, 4.69) is 37.4 Å². The first-order valence-electron chi connectivity index (χ1n) is 8.74. The van der Waals surface area contributed by atoms with Gasteiger partial charge in [-0.1, -0.05) is 19.1 Å². The summed E-state index contributed by atoms with van der Waals surface area (Å²) in [7, 11) is 0. The van der Waals surface area contributed by atoms with Crippen molar-refractivity contribution in [2.45, 2.75) is 52.0 Å². The SMILES string of the molecule is CC1C[C@H](C)C[N+]1(C(=O)NCC#N)c1cccc2c1CCCC2. The highest BCUT2D eigenvalue weighted by Crippen LogP contribution is 2.42. The fourth-order valence-electron chi connectivity index (χ4n) is 4.63. The Kier molecular flexibility index (Phi) is 4.41. The standard InChI is InChI=1S/C19H25N3O/c1-14-12-15(2)22(13-14,19(23)21-11-10-20)18-9-5-7-16-6-3-4-8-17(16)18/h5,7,9,14-15H,3-4,6,8,11-13H2,1-2H3/p+1/t14-,15?,22?/m0/s1. The van der Waals surface area contributed by atoms with Crippen LogP contribution in [-0.4, -0.2) is 25.2 Å². The molecule has 0 saturated carbocycles. The van der Waals surface area contributed by atoms with Gasteiger partial charge in [0.05, 0.1) is 18.7 Å². The van der Waals surface area contributed by atoms with Crippen molar-refractivity contribution in [3.05, 3.63) is 29.3 Å². The molecule has 0 spiro atoms. The summed E-state index contributed by atoms with van der Waals surface area (Å²) in [5, 5.41) is 11.7. The summed E-state index contributed by atoms with van der Waals surface area (Å²) < 4.78 is 0.367. The van der Waals surface area contributed by atoms with Gasteiger partial charge in [-0.2, -0.15) is 5.26 Å². The third kappa shape index (κ3) is 2.64. The maximum atomic E-state index is 13.1. The van der Waals surface area contributed by atoms with Crippen LogP contribution in [0.15, 0.2) is 18.2 Å². The molecule has 1 fully saturated rings. The van der Waals surface area contributed by atoms with Gasteiger partial charge in [-0.05, 0) is 38.2 Å². The molecule has 0 radical (unpaired) electrons. The summed E-state index contributed by atoms with van der Waals surface area (Å²) in [5.41, 5.74) is 3.97. The average molecular weight is 312 g/mol. The Morgan fingerprint density at radius 3 is 2.83 bits per heavy atom. The van der Waals surface area contributed by atoms with E-state index in [1.165, 1.54) is 29.7 Å². The molecule has 0 bridgehead atoms. The van der Waals surface area contributed by atoms with Crippen molar-refractivity contribution in [1.82, 2.24) is 9.80 Å². The maximum absolute atomic E-state index is 13.1. The van der Waals surface area contributed by atoms with Crippen LogP contribution < -0.4 is 9.80 Å². The molecule has 1 aromatic carbocycles. The fraction of sp³-hybridized carbons (Fsp3) is 0.579. The fourth-order valence-corrected chi connectivity index (χ4v) is 4.63. The van der Waals surface area contributed by atoms with E-state index in [1.807, 2.05) is 6.07 Å². The molecular formula is C19H26N3O+. The summed E-state index contributed by atoms with van der Waals surface area (Å²) in [6.45, 7) is 5.31. The second-order valence-electron chi connectivity index (χ2n) is 7.18. The van der Waals surface area contributed by atoms with E-state index in [1.54, 1.807) is 0 Å². The van der Waals surface area contributed by atoms with Crippen molar-refractivity contribution in [3.8, 4) is 6.07 Å². The number of nitriles is 1. The maximum Gasteiger partial charge on any atom is 0.422 e. The number of urea groups is 1. The minimum absolute atomic E-state index is 0.0117. The number of quaternary nitrogens is 1. The van der Waals surface area contributed by atoms with Crippen molar-refractivity contribution in [2.24, 2.45) is 5.92 Å². The second kappa shape index (κ2) is 6.33. The third-order valence-corrected chi connectivity index (χ3v) is 5.58. The molecule has 2 aliphatic rings. The highest BCUT2D eigenvalue weighted by atomic mass is 16.2. The molecule has 1 saturated heterocycles. The van der Waals surface area contributed by atoms with E-state index in [-0.39, 0.29) is 18.6 Å². The first kappa shape index (κ1) is 16.0. The lowest BCUT2D eigenvalue weighted by molar-refractivity contribution is 0.196. The van der Waals surface area contributed by atoms with Crippen LogP contribution in [0, 0.1) is 17.2 Å². The first-order valence-corrected chi connectivity index (χ1v) is 8.74. The lowest BCUT2D eigenvalue weighted by atomic mass is 9.89. The highest BCUT2D eigenvalue weighted by Gasteiger charge is 2.52. The predicted octanol–water partition coefficient (Wildman–Crippen LogP) is 3.53. The summed E-state index contributed by atoms with van der Waals surface area (Å²) in [4.78, 5) is 13.1. The number of amides is 2. The van der Waals surface area contributed by atoms with Crippen LogP contribution in [0.3, 0.4) is 0 Å². The van der Waals surface area contributed by atoms with Crippen LogP contribution in [-0.2, 0) is 12.8 Å². The van der Waals surface area contributed by atoms with Crippen molar-refractivity contribution >= 4 is 11.7 Å². The van der Waals surface area contributed by atoms with Gasteiger partial charge in [-0.15, -0.1) is 0 Å². The number of benzene rings is 1. The van der Waals surface area contributed by atoms with E-state index in [0.717, 1.165) is 25.8 Å². The van der Waals surface area contributed by atoms with Crippen LogP contribution in [0.1, 0.15) is 44.2 Å². The summed E-state index contributed by atoms with van der Waals surface area (Å²) >= 11 is 0. The number of carbonyl (C=O) groups is 1. The van der Waals surface area contributed by atoms with Crippen molar-refractivity contribution in [1.29, 1.82) is 5.26 Å².